The summed E-state index contributed by atoms with van der Waals surface area (Å²) in [5, 5.41) is 2.67. The van der Waals surface area contributed by atoms with Gasteiger partial charge in [0.15, 0.2) is 0 Å². The molecule has 6 heteroatoms. The monoisotopic (exact) mass is 397 g/mol. The summed E-state index contributed by atoms with van der Waals surface area (Å²) in [6.07, 6.45) is 12.4. The summed E-state index contributed by atoms with van der Waals surface area (Å²) in [5.41, 5.74) is 0. The van der Waals surface area contributed by atoms with Crippen LogP contribution in [0.5, 0.6) is 5.75 Å². The molecule has 1 rings (SSSR count). The maximum Gasteiger partial charge on any atom is 0.323 e. The van der Waals surface area contributed by atoms with Gasteiger partial charge in [-0.15, -0.1) is 0 Å². The van der Waals surface area contributed by atoms with Gasteiger partial charge in [-0.2, -0.15) is 0 Å². The van der Waals surface area contributed by atoms with Crippen LogP contribution in [0.3, 0.4) is 0 Å². The van der Waals surface area contributed by atoms with Gasteiger partial charge < -0.3 is 9.26 Å². The first-order valence-electron chi connectivity index (χ1n) is 10.3. The van der Waals surface area contributed by atoms with E-state index in [1.807, 2.05) is 6.07 Å². The molecule has 0 aliphatic heterocycles. The van der Waals surface area contributed by atoms with Crippen molar-refractivity contribution >= 4 is 14.1 Å². The van der Waals surface area contributed by atoms with Gasteiger partial charge in [-0.25, -0.2) is 5.09 Å². The van der Waals surface area contributed by atoms with Crippen LogP contribution in [0.25, 0.3) is 0 Å². The quantitative estimate of drug-likeness (QED) is 0.214. The molecule has 2 atom stereocenters. The van der Waals surface area contributed by atoms with Crippen molar-refractivity contribution in [2.45, 2.75) is 84.1 Å². The van der Waals surface area contributed by atoms with E-state index < -0.39 is 14.2 Å². The number of esters is 1. The van der Waals surface area contributed by atoms with Crippen molar-refractivity contribution in [2.24, 2.45) is 0 Å². The fourth-order valence-corrected chi connectivity index (χ4v) is 3.63. The summed E-state index contributed by atoms with van der Waals surface area (Å²) in [7, 11) is -2.54. The van der Waals surface area contributed by atoms with Gasteiger partial charge in [0.1, 0.15) is 11.8 Å². The van der Waals surface area contributed by atoms with E-state index in [9.17, 15) is 9.36 Å². The van der Waals surface area contributed by atoms with E-state index in [-0.39, 0.29) is 5.97 Å². The van der Waals surface area contributed by atoms with Gasteiger partial charge in [0.2, 0.25) is 0 Å². The Morgan fingerprint density at radius 3 is 2.11 bits per heavy atom. The number of para-hydroxylation sites is 1. The number of benzene rings is 1. The minimum atomic E-state index is -2.54. The van der Waals surface area contributed by atoms with Crippen LogP contribution in [-0.4, -0.2) is 18.6 Å². The minimum absolute atomic E-state index is 0.388. The lowest BCUT2D eigenvalue weighted by Crippen LogP contribution is -2.31. The Bertz CT molecular complexity index is 524. The van der Waals surface area contributed by atoms with Gasteiger partial charge >= 0.3 is 14.1 Å². The van der Waals surface area contributed by atoms with Gasteiger partial charge in [-0.05, 0) is 25.5 Å². The fraction of sp³-hybridized carbons (Fsp3) is 0.667. The highest BCUT2D eigenvalue weighted by molar-refractivity contribution is 7.37. The molecule has 0 aliphatic carbocycles. The van der Waals surface area contributed by atoms with Crippen LogP contribution in [0.4, 0.5) is 0 Å². The third-order valence-corrected chi connectivity index (χ3v) is 5.47. The Hall–Kier alpha value is -1.32. The van der Waals surface area contributed by atoms with E-state index in [1.54, 1.807) is 31.2 Å². The molecule has 1 aromatic carbocycles. The Balaban J connectivity index is 2.00. The molecule has 0 aliphatic rings. The maximum atomic E-state index is 11.9. The number of hydrogen-bond acceptors (Lipinski definition) is 4. The lowest BCUT2D eigenvalue weighted by Gasteiger charge is -2.13. The van der Waals surface area contributed by atoms with Crippen molar-refractivity contribution in [3.63, 3.8) is 0 Å². The molecule has 27 heavy (non-hydrogen) atoms. The maximum absolute atomic E-state index is 11.9. The van der Waals surface area contributed by atoms with Crippen molar-refractivity contribution in [1.82, 2.24) is 5.09 Å². The third kappa shape index (κ3) is 12.6. The van der Waals surface area contributed by atoms with Crippen molar-refractivity contribution in [3.05, 3.63) is 30.3 Å². The first kappa shape index (κ1) is 23.7. The van der Waals surface area contributed by atoms with E-state index in [0.717, 1.165) is 12.8 Å². The Kier molecular flexibility index (Phi) is 13.8. The smallest absolute Gasteiger partial charge is 0.323 e. The molecule has 0 bridgehead atoms. The summed E-state index contributed by atoms with van der Waals surface area (Å²) in [5.74, 6) is 0.126. The lowest BCUT2D eigenvalue weighted by molar-refractivity contribution is -0.145. The number of rotatable bonds is 16. The number of carbonyl (C=O) groups excluding carboxylic acids is 1. The topological polar surface area (TPSA) is 64.6 Å². The molecule has 1 N–H and O–H groups in total. The summed E-state index contributed by atoms with van der Waals surface area (Å²) in [6, 6.07) is 8.24. The van der Waals surface area contributed by atoms with Gasteiger partial charge in [0, 0.05) is 0 Å². The highest BCUT2D eigenvalue weighted by Crippen LogP contribution is 2.23. The molecule has 1 unspecified atom stereocenters. The Labute approximate surface area is 165 Å². The van der Waals surface area contributed by atoms with E-state index in [0.29, 0.717) is 12.4 Å². The van der Waals surface area contributed by atoms with E-state index in [4.69, 9.17) is 9.26 Å². The van der Waals surface area contributed by atoms with Crippen LogP contribution in [-0.2, 0) is 14.1 Å². The van der Waals surface area contributed by atoms with E-state index >= 15 is 0 Å². The van der Waals surface area contributed by atoms with Crippen molar-refractivity contribution in [3.8, 4) is 5.75 Å². The zero-order chi connectivity index (χ0) is 19.7. The molecule has 0 fully saturated rings. The number of nitrogens with one attached hydrogen (secondary N) is 1. The molecule has 0 heterocycles. The van der Waals surface area contributed by atoms with Crippen molar-refractivity contribution in [2.75, 3.05) is 6.61 Å². The first-order valence-corrected chi connectivity index (χ1v) is 11.6. The standard InChI is InChI=1S/C21H36NO4P/c1-3-4-5-6-7-8-9-10-11-15-18-25-21(23)19(2)22-27(24)26-20-16-13-12-14-17-20/h12-14,16-17,19,27H,3-11,15,18H2,1-2H3,(H,22,24)/t19-/m0/s1. The number of hydrogen-bond donors (Lipinski definition) is 1. The van der Waals surface area contributed by atoms with E-state index in [2.05, 4.69) is 12.0 Å². The normalized spacial score (nSPS) is 13.1. The average Bonchev–Trinajstić information content (AvgIpc) is 2.66. The van der Waals surface area contributed by atoms with Crippen molar-refractivity contribution in [1.29, 1.82) is 0 Å². The van der Waals surface area contributed by atoms with Crippen LogP contribution >= 0.6 is 8.18 Å². The van der Waals surface area contributed by atoms with Crippen LogP contribution in [0.15, 0.2) is 30.3 Å². The Morgan fingerprint density at radius 2 is 1.52 bits per heavy atom. The molecule has 154 valence electrons. The van der Waals surface area contributed by atoms with Crippen LogP contribution in [0.2, 0.25) is 0 Å². The van der Waals surface area contributed by atoms with E-state index in [1.165, 1.54) is 51.4 Å². The van der Waals surface area contributed by atoms with Crippen LogP contribution < -0.4 is 9.61 Å². The largest absolute Gasteiger partial charge is 0.465 e. The van der Waals surface area contributed by atoms with Gasteiger partial charge in [-0.3, -0.25) is 9.36 Å². The molecule has 0 spiro atoms. The third-order valence-electron chi connectivity index (χ3n) is 4.38. The summed E-state index contributed by atoms with van der Waals surface area (Å²) in [6.45, 7) is 4.29. The second-order valence-electron chi connectivity index (χ2n) is 6.92. The number of unbranched alkanes of at least 4 members (excludes halogenated alkanes) is 9. The number of ether oxygens (including phenoxy) is 1. The minimum Gasteiger partial charge on any atom is -0.465 e. The summed E-state index contributed by atoms with van der Waals surface area (Å²) >= 11 is 0. The average molecular weight is 397 g/mol. The molecule has 0 saturated carbocycles. The first-order chi connectivity index (χ1) is 13.1. The van der Waals surface area contributed by atoms with Gasteiger partial charge in [0.05, 0.1) is 6.61 Å². The Morgan fingerprint density at radius 1 is 0.963 bits per heavy atom. The molecular weight excluding hydrogens is 361 g/mol. The highest BCUT2D eigenvalue weighted by atomic mass is 31.1. The summed E-state index contributed by atoms with van der Waals surface area (Å²) in [4.78, 5) is 11.9. The molecule has 1 aromatic rings. The molecular formula is C21H36NO4P. The SMILES string of the molecule is CCCCCCCCCCCCOC(=O)[C@H](C)N[PH](=O)Oc1ccccc1. The van der Waals surface area contributed by atoms with Gasteiger partial charge in [0.25, 0.3) is 0 Å². The fourth-order valence-electron chi connectivity index (χ4n) is 2.75. The molecule has 5 nitrogen and oxygen atoms in total. The number of carbonyl (C=O) groups is 1. The molecule has 0 amide bonds. The second kappa shape index (κ2) is 15.7. The lowest BCUT2D eigenvalue weighted by atomic mass is 10.1. The predicted molar refractivity (Wildman–Crippen MR) is 111 cm³/mol. The summed E-state index contributed by atoms with van der Waals surface area (Å²) < 4.78 is 22.5. The zero-order valence-corrected chi connectivity index (χ0v) is 17.9. The molecule has 0 aromatic heterocycles. The zero-order valence-electron chi connectivity index (χ0n) is 16.9. The molecule has 0 saturated heterocycles. The predicted octanol–water partition coefficient (Wildman–Crippen LogP) is 5.90. The second-order valence-corrected chi connectivity index (χ2v) is 7.99. The van der Waals surface area contributed by atoms with Crippen LogP contribution in [0, 0.1) is 0 Å². The van der Waals surface area contributed by atoms with Gasteiger partial charge in [-0.1, -0.05) is 82.9 Å². The molecule has 0 radical (unpaired) electrons. The highest BCUT2D eigenvalue weighted by Gasteiger charge is 2.17. The van der Waals surface area contributed by atoms with Crippen molar-refractivity contribution < 1.29 is 18.6 Å². The van der Waals surface area contributed by atoms with Crippen LogP contribution in [0.1, 0.15) is 78.1 Å².